The molecule has 0 aliphatic heterocycles. The predicted molar refractivity (Wildman–Crippen MR) is 59.5 cm³/mol. The lowest BCUT2D eigenvalue weighted by Gasteiger charge is -2.09. The van der Waals surface area contributed by atoms with E-state index in [2.05, 4.69) is 5.32 Å². The van der Waals surface area contributed by atoms with Crippen LogP contribution in [0.2, 0.25) is 0 Å². The molecule has 0 atom stereocenters. The molecule has 1 amide bonds. The monoisotopic (exact) mass is 239 g/mol. The minimum absolute atomic E-state index is 0.0479. The summed E-state index contributed by atoms with van der Waals surface area (Å²) in [5.74, 6) is -0.940. The van der Waals surface area contributed by atoms with Gasteiger partial charge in [-0.2, -0.15) is 0 Å². The molecule has 0 aliphatic carbocycles. The molecule has 2 N–H and O–H groups in total. The zero-order valence-electron chi connectivity index (χ0n) is 9.52. The van der Waals surface area contributed by atoms with Gasteiger partial charge in [-0.25, -0.2) is 4.79 Å². The Morgan fingerprint density at radius 3 is 2.65 bits per heavy atom. The predicted octanol–water partition coefficient (Wildman–Crippen LogP) is 0.518. The number of amides is 1. The molecule has 0 aromatic heterocycles. The Labute approximate surface area is 98.2 Å². The van der Waals surface area contributed by atoms with Crippen molar-refractivity contribution in [2.75, 3.05) is 20.8 Å². The fraction of sp³-hybridized carbons (Fsp3) is 0.273. The van der Waals surface area contributed by atoms with E-state index in [4.69, 9.17) is 14.6 Å². The van der Waals surface area contributed by atoms with Gasteiger partial charge in [0.2, 0.25) is 0 Å². The third kappa shape index (κ3) is 3.37. The quantitative estimate of drug-likeness (QED) is 0.782. The van der Waals surface area contributed by atoms with Crippen molar-refractivity contribution >= 4 is 11.9 Å². The number of carbonyl (C=O) groups excluding carboxylic acids is 1. The zero-order chi connectivity index (χ0) is 12.8. The van der Waals surface area contributed by atoms with Gasteiger partial charge in [-0.1, -0.05) is 0 Å². The molecule has 0 unspecified atom stereocenters. The van der Waals surface area contributed by atoms with Gasteiger partial charge >= 0.3 is 5.97 Å². The van der Waals surface area contributed by atoms with Crippen LogP contribution in [0, 0.1) is 0 Å². The number of likely N-dealkylation sites (N-methyl/N-ethyl adjacent to an activating group) is 1. The van der Waals surface area contributed by atoms with Crippen LogP contribution >= 0.6 is 0 Å². The number of nitrogens with one attached hydrogen (secondary N) is 1. The van der Waals surface area contributed by atoms with Crippen molar-refractivity contribution in [2.24, 2.45) is 0 Å². The Balaban J connectivity index is 2.90. The van der Waals surface area contributed by atoms with Crippen LogP contribution < -0.4 is 14.8 Å². The van der Waals surface area contributed by atoms with Crippen molar-refractivity contribution in [3.8, 4) is 11.5 Å². The van der Waals surface area contributed by atoms with Gasteiger partial charge in [-0.05, 0) is 18.2 Å². The van der Waals surface area contributed by atoms with Gasteiger partial charge in [0, 0.05) is 7.05 Å². The van der Waals surface area contributed by atoms with Gasteiger partial charge in [0.15, 0.2) is 6.61 Å². The molecule has 1 rings (SSSR count). The second kappa shape index (κ2) is 5.74. The summed E-state index contributed by atoms with van der Waals surface area (Å²) in [6, 6.07) is 4.35. The molecular weight excluding hydrogens is 226 g/mol. The zero-order valence-corrected chi connectivity index (χ0v) is 9.52. The van der Waals surface area contributed by atoms with Crippen LogP contribution in [0.3, 0.4) is 0 Å². The molecule has 0 fully saturated rings. The summed E-state index contributed by atoms with van der Waals surface area (Å²) in [6.45, 7) is -0.233. The highest BCUT2D eigenvalue weighted by Crippen LogP contribution is 2.24. The number of hydrogen-bond acceptors (Lipinski definition) is 4. The van der Waals surface area contributed by atoms with E-state index in [9.17, 15) is 9.59 Å². The fourth-order valence-electron chi connectivity index (χ4n) is 1.14. The van der Waals surface area contributed by atoms with E-state index in [1.165, 1.54) is 26.3 Å². The molecule has 0 heterocycles. The third-order valence-electron chi connectivity index (χ3n) is 2.05. The summed E-state index contributed by atoms with van der Waals surface area (Å²) in [5, 5.41) is 11.3. The molecule has 92 valence electrons. The first-order valence-electron chi connectivity index (χ1n) is 4.83. The van der Waals surface area contributed by atoms with E-state index in [0.29, 0.717) is 5.75 Å². The highest BCUT2D eigenvalue weighted by molar-refractivity contribution is 5.91. The van der Waals surface area contributed by atoms with Gasteiger partial charge in [-0.15, -0.1) is 0 Å². The molecule has 1 aromatic rings. The first-order valence-corrected chi connectivity index (χ1v) is 4.83. The topological polar surface area (TPSA) is 84.9 Å². The molecule has 0 spiro atoms. The van der Waals surface area contributed by atoms with Crippen LogP contribution in [0.1, 0.15) is 10.4 Å². The van der Waals surface area contributed by atoms with Crippen molar-refractivity contribution in [1.82, 2.24) is 5.32 Å². The fourth-order valence-corrected chi connectivity index (χ4v) is 1.14. The summed E-state index contributed by atoms with van der Waals surface area (Å²) >= 11 is 0. The largest absolute Gasteiger partial charge is 0.497 e. The third-order valence-corrected chi connectivity index (χ3v) is 2.05. The number of rotatable bonds is 5. The number of aromatic carboxylic acids is 1. The Bertz CT molecular complexity index is 430. The van der Waals surface area contributed by atoms with Crippen molar-refractivity contribution in [3.63, 3.8) is 0 Å². The second-order valence-corrected chi connectivity index (χ2v) is 3.13. The number of hydrogen-bond donors (Lipinski definition) is 2. The molecule has 6 heteroatoms. The smallest absolute Gasteiger partial charge is 0.339 e. The minimum atomic E-state index is -1.14. The van der Waals surface area contributed by atoms with E-state index in [1.54, 1.807) is 6.07 Å². The number of methoxy groups -OCH3 is 1. The van der Waals surface area contributed by atoms with Crippen LogP contribution in [0.5, 0.6) is 11.5 Å². The Morgan fingerprint density at radius 2 is 2.12 bits per heavy atom. The maximum absolute atomic E-state index is 11.0. The molecule has 17 heavy (non-hydrogen) atoms. The van der Waals surface area contributed by atoms with Crippen LogP contribution in [0.25, 0.3) is 0 Å². The Morgan fingerprint density at radius 1 is 1.41 bits per heavy atom. The molecule has 0 radical (unpaired) electrons. The lowest BCUT2D eigenvalue weighted by molar-refractivity contribution is -0.122. The molecule has 1 aromatic carbocycles. The minimum Gasteiger partial charge on any atom is -0.497 e. The van der Waals surface area contributed by atoms with E-state index in [0.717, 1.165) is 0 Å². The molecule has 6 nitrogen and oxygen atoms in total. The van der Waals surface area contributed by atoms with Crippen molar-refractivity contribution < 1.29 is 24.2 Å². The van der Waals surface area contributed by atoms with Gasteiger partial charge in [0.05, 0.1) is 7.11 Å². The lowest BCUT2D eigenvalue weighted by atomic mass is 10.2. The van der Waals surface area contributed by atoms with E-state index in [-0.39, 0.29) is 23.8 Å². The summed E-state index contributed by atoms with van der Waals surface area (Å²) in [6.07, 6.45) is 0. The second-order valence-electron chi connectivity index (χ2n) is 3.13. The van der Waals surface area contributed by atoms with Gasteiger partial charge in [0.25, 0.3) is 5.91 Å². The van der Waals surface area contributed by atoms with Gasteiger partial charge < -0.3 is 19.9 Å². The molecular formula is C11H13NO5. The van der Waals surface area contributed by atoms with Crippen molar-refractivity contribution in [3.05, 3.63) is 23.8 Å². The number of carboxylic acids is 1. The number of carboxylic acid groups (broad SMARTS) is 1. The maximum atomic E-state index is 11.0. The maximum Gasteiger partial charge on any atom is 0.339 e. The highest BCUT2D eigenvalue weighted by Gasteiger charge is 2.13. The van der Waals surface area contributed by atoms with E-state index < -0.39 is 5.97 Å². The molecule has 0 aliphatic rings. The molecule has 0 saturated carbocycles. The normalized spacial score (nSPS) is 9.53. The average molecular weight is 239 g/mol. The summed E-state index contributed by atoms with van der Waals surface area (Å²) in [5.41, 5.74) is -0.0479. The van der Waals surface area contributed by atoms with Crippen molar-refractivity contribution in [1.29, 1.82) is 0 Å². The first-order chi connectivity index (χ1) is 8.08. The van der Waals surface area contributed by atoms with Crippen molar-refractivity contribution in [2.45, 2.75) is 0 Å². The summed E-state index contributed by atoms with van der Waals surface area (Å²) < 4.78 is 10.0. The molecule has 0 saturated heterocycles. The van der Waals surface area contributed by atoms with E-state index in [1.807, 2.05) is 0 Å². The Kier molecular flexibility index (Phi) is 4.33. The van der Waals surface area contributed by atoms with Crippen LogP contribution in [0.4, 0.5) is 0 Å². The van der Waals surface area contributed by atoms with Gasteiger partial charge in [-0.3, -0.25) is 4.79 Å². The Hall–Kier alpha value is -2.24. The SMILES string of the molecule is CNC(=O)COc1ccc(OC)cc1C(=O)O. The van der Waals surface area contributed by atoms with Gasteiger partial charge in [0.1, 0.15) is 17.1 Å². The lowest BCUT2D eigenvalue weighted by Crippen LogP contribution is -2.25. The van der Waals surface area contributed by atoms with Crippen LogP contribution in [-0.2, 0) is 4.79 Å². The number of ether oxygens (including phenoxy) is 2. The summed E-state index contributed by atoms with van der Waals surface area (Å²) in [7, 11) is 2.91. The van der Waals surface area contributed by atoms with Crippen LogP contribution in [0.15, 0.2) is 18.2 Å². The summed E-state index contributed by atoms with van der Waals surface area (Å²) in [4.78, 5) is 21.9. The standard InChI is InChI=1S/C11H13NO5/c1-12-10(13)6-17-9-4-3-7(16-2)5-8(9)11(14)15/h3-5H,6H2,1-2H3,(H,12,13)(H,14,15). The molecule has 0 bridgehead atoms. The first kappa shape index (κ1) is 12.8. The number of benzene rings is 1. The van der Waals surface area contributed by atoms with E-state index >= 15 is 0 Å². The highest BCUT2D eigenvalue weighted by atomic mass is 16.5. The average Bonchev–Trinajstić information content (AvgIpc) is 2.35. The van der Waals surface area contributed by atoms with Crippen LogP contribution in [-0.4, -0.2) is 37.7 Å². The number of carbonyl (C=O) groups is 2.